The van der Waals surface area contributed by atoms with E-state index < -0.39 is 0 Å². The topological polar surface area (TPSA) is 73.3 Å². The quantitative estimate of drug-likeness (QED) is 0.676. The van der Waals surface area contributed by atoms with Gasteiger partial charge in [-0.25, -0.2) is 4.98 Å². The zero-order chi connectivity index (χ0) is 19.2. The average molecular weight is 383 g/mol. The van der Waals surface area contributed by atoms with Crippen LogP contribution >= 0.6 is 11.3 Å². The highest BCUT2D eigenvalue weighted by Gasteiger charge is 2.12. The van der Waals surface area contributed by atoms with Crippen molar-refractivity contribution < 1.29 is 14.3 Å². The van der Waals surface area contributed by atoms with Crippen molar-refractivity contribution in [2.24, 2.45) is 0 Å². The summed E-state index contributed by atoms with van der Waals surface area (Å²) < 4.78 is 10.4. The summed E-state index contributed by atoms with van der Waals surface area (Å²) >= 11 is 1.61. The summed E-state index contributed by atoms with van der Waals surface area (Å²) in [5, 5.41) is 3.83. The molecular formula is C20H21N3O3S. The number of methoxy groups -OCH3 is 2. The van der Waals surface area contributed by atoms with Crippen molar-refractivity contribution in [3.05, 3.63) is 58.7 Å². The second-order valence-electron chi connectivity index (χ2n) is 5.85. The van der Waals surface area contributed by atoms with Gasteiger partial charge in [-0.3, -0.25) is 9.78 Å². The summed E-state index contributed by atoms with van der Waals surface area (Å²) in [6.07, 6.45) is 2.47. The number of benzene rings is 1. The highest BCUT2D eigenvalue weighted by Crippen LogP contribution is 2.26. The van der Waals surface area contributed by atoms with Gasteiger partial charge in [0.1, 0.15) is 16.5 Å². The third kappa shape index (κ3) is 4.62. The van der Waals surface area contributed by atoms with Crippen LogP contribution in [0.1, 0.15) is 20.9 Å². The number of rotatable bonds is 7. The number of aromatic nitrogens is 2. The van der Waals surface area contributed by atoms with Crippen LogP contribution in [0.15, 0.2) is 42.6 Å². The molecule has 1 N–H and O–H groups in total. The van der Waals surface area contributed by atoms with E-state index in [0.717, 1.165) is 21.3 Å². The summed E-state index contributed by atoms with van der Waals surface area (Å²) in [7, 11) is 3.12. The van der Waals surface area contributed by atoms with Crippen molar-refractivity contribution in [3.63, 3.8) is 0 Å². The molecule has 0 saturated carbocycles. The minimum absolute atomic E-state index is 0.167. The predicted molar refractivity (Wildman–Crippen MR) is 106 cm³/mol. The Hall–Kier alpha value is -2.93. The number of carbonyl (C=O) groups is 1. The molecule has 0 bridgehead atoms. The van der Waals surface area contributed by atoms with E-state index in [9.17, 15) is 4.79 Å². The van der Waals surface area contributed by atoms with Crippen molar-refractivity contribution in [1.29, 1.82) is 0 Å². The standard InChI is InChI=1S/C20H21N3O3S/c1-13-18(27-20(23-13)17-6-4-5-8-21-17)7-9-22-19(24)14-10-15(25-2)12-16(11-14)26-3/h4-6,8,10-12H,7,9H2,1-3H3,(H,22,24). The van der Waals surface area contributed by atoms with Crippen LogP contribution in [-0.4, -0.2) is 36.6 Å². The van der Waals surface area contributed by atoms with E-state index in [-0.39, 0.29) is 5.91 Å². The molecule has 0 atom stereocenters. The number of thiazole rings is 1. The van der Waals surface area contributed by atoms with Gasteiger partial charge in [0.05, 0.1) is 25.6 Å². The van der Waals surface area contributed by atoms with E-state index in [0.29, 0.717) is 30.0 Å². The first kappa shape index (κ1) is 18.8. The largest absolute Gasteiger partial charge is 0.497 e. The Balaban J connectivity index is 1.63. The average Bonchev–Trinajstić information content (AvgIpc) is 3.08. The van der Waals surface area contributed by atoms with Gasteiger partial charge < -0.3 is 14.8 Å². The van der Waals surface area contributed by atoms with Crippen LogP contribution in [0, 0.1) is 6.92 Å². The Morgan fingerprint density at radius 3 is 2.52 bits per heavy atom. The molecule has 2 heterocycles. The molecule has 1 amide bonds. The maximum absolute atomic E-state index is 12.4. The Kier molecular flexibility index (Phi) is 6.03. The number of nitrogens with zero attached hydrogens (tertiary/aromatic N) is 2. The molecule has 0 spiro atoms. The van der Waals surface area contributed by atoms with Crippen molar-refractivity contribution >= 4 is 17.2 Å². The molecule has 0 fully saturated rings. The van der Waals surface area contributed by atoms with Gasteiger partial charge in [-0.2, -0.15) is 0 Å². The maximum atomic E-state index is 12.4. The number of pyridine rings is 1. The lowest BCUT2D eigenvalue weighted by Crippen LogP contribution is -2.25. The molecule has 3 aromatic rings. The molecule has 7 heteroatoms. The molecule has 140 valence electrons. The number of nitrogens with one attached hydrogen (secondary N) is 1. The second kappa shape index (κ2) is 8.64. The van der Waals surface area contributed by atoms with Gasteiger partial charge in [0.15, 0.2) is 0 Å². The van der Waals surface area contributed by atoms with Crippen molar-refractivity contribution in [3.8, 4) is 22.2 Å². The van der Waals surface area contributed by atoms with Gasteiger partial charge >= 0.3 is 0 Å². The highest BCUT2D eigenvalue weighted by molar-refractivity contribution is 7.15. The first-order valence-electron chi connectivity index (χ1n) is 8.49. The molecule has 0 aliphatic carbocycles. The van der Waals surface area contributed by atoms with Crippen molar-refractivity contribution in [2.75, 3.05) is 20.8 Å². The molecule has 0 radical (unpaired) electrons. The molecule has 2 aromatic heterocycles. The fourth-order valence-corrected chi connectivity index (χ4v) is 3.63. The van der Waals surface area contributed by atoms with Gasteiger partial charge in [-0.15, -0.1) is 11.3 Å². The molecular weight excluding hydrogens is 362 g/mol. The lowest BCUT2D eigenvalue weighted by atomic mass is 10.2. The minimum atomic E-state index is -0.167. The van der Waals surface area contributed by atoms with Gasteiger partial charge in [-0.1, -0.05) is 6.07 Å². The predicted octanol–water partition coefficient (Wildman–Crippen LogP) is 3.50. The molecule has 3 rings (SSSR count). The zero-order valence-corrected chi connectivity index (χ0v) is 16.3. The molecule has 1 aromatic carbocycles. The Morgan fingerprint density at radius 2 is 1.89 bits per heavy atom. The van der Waals surface area contributed by atoms with Gasteiger partial charge in [-0.05, 0) is 31.2 Å². The van der Waals surface area contributed by atoms with E-state index in [2.05, 4.69) is 15.3 Å². The molecule has 0 unspecified atom stereocenters. The Labute approximate surface area is 162 Å². The van der Waals surface area contributed by atoms with Crippen LogP contribution in [0.25, 0.3) is 10.7 Å². The maximum Gasteiger partial charge on any atom is 0.251 e. The highest BCUT2D eigenvalue weighted by atomic mass is 32.1. The lowest BCUT2D eigenvalue weighted by Gasteiger charge is -2.09. The summed E-state index contributed by atoms with van der Waals surface area (Å²) in [6, 6.07) is 10.9. The van der Waals surface area contributed by atoms with Crippen LogP contribution in [0.4, 0.5) is 0 Å². The third-order valence-corrected chi connectivity index (χ3v) is 5.27. The van der Waals surface area contributed by atoms with Gasteiger partial charge in [0, 0.05) is 35.7 Å². The molecule has 6 nitrogen and oxygen atoms in total. The lowest BCUT2D eigenvalue weighted by molar-refractivity contribution is 0.0953. The van der Waals surface area contributed by atoms with E-state index in [1.807, 2.05) is 25.1 Å². The summed E-state index contributed by atoms with van der Waals surface area (Å²) in [5.74, 6) is 0.995. The number of ether oxygens (including phenoxy) is 2. The summed E-state index contributed by atoms with van der Waals surface area (Å²) in [5.41, 5.74) is 2.34. The van der Waals surface area contributed by atoms with Crippen LogP contribution in [0.3, 0.4) is 0 Å². The van der Waals surface area contributed by atoms with Crippen LogP contribution in [-0.2, 0) is 6.42 Å². The number of aryl methyl sites for hydroxylation is 1. The second-order valence-corrected chi connectivity index (χ2v) is 6.93. The third-order valence-electron chi connectivity index (χ3n) is 4.03. The smallest absolute Gasteiger partial charge is 0.251 e. The van der Waals surface area contributed by atoms with Crippen molar-refractivity contribution in [2.45, 2.75) is 13.3 Å². The summed E-state index contributed by atoms with van der Waals surface area (Å²) in [6.45, 7) is 2.50. The number of carbonyl (C=O) groups excluding carboxylic acids is 1. The van der Waals surface area contributed by atoms with Gasteiger partial charge in [0.25, 0.3) is 5.91 Å². The van der Waals surface area contributed by atoms with Gasteiger partial charge in [0.2, 0.25) is 0 Å². The summed E-state index contributed by atoms with van der Waals surface area (Å²) in [4.78, 5) is 22.5. The first-order valence-corrected chi connectivity index (χ1v) is 9.31. The minimum Gasteiger partial charge on any atom is -0.497 e. The van der Waals surface area contributed by atoms with Crippen LogP contribution in [0.2, 0.25) is 0 Å². The van der Waals surface area contributed by atoms with Crippen LogP contribution < -0.4 is 14.8 Å². The van der Waals surface area contributed by atoms with Crippen molar-refractivity contribution in [1.82, 2.24) is 15.3 Å². The zero-order valence-electron chi connectivity index (χ0n) is 15.5. The number of hydrogen-bond donors (Lipinski definition) is 1. The monoisotopic (exact) mass is 383 g/mol. The number of amides is 1. The Morgan fingerprint density at radius 1 is 1.15 bits per heavy atom. The van der Waals surface area contributed by atoms with E-state index >= 15 is 0 Å². The molecule has 27 heavy (non-hydrogen) atoms. The molecule has 0 aliphatic heterocycles. The fraction of sp³-hybridized carbons (Fsp3) is 0.250. The molecule has 0 saturated heterocycles. The first-order chi connectivity index (χ1) is 13.1. The fourth-order valence-electron chi connectivity index (χ4n) is 2.59. The van der Waals surface area contributed by atoms with E-state index in [1.54, 1.807) is 50.0 Å². The van der Waals surface area contributed by atoms with Crippen LogP contribution in [0.5, 0.6) is 11.5 Å². The van der Waals surface area contributed by atoms with E-state index in [4.69, 9.17) is 9.47 Å². The normalized spacial score (nSPS) is 10.5. The molecule has 0 aliphatic rings. The SMILES string of the molecule is COc1cc(OC)cc(C(=O)NCCc2sc(-c3ccccn3)nc2C)c1. The number of hydrogen-bond acceptors (Lipinski definition) is 6. The van der Waals surface area contributed by atoms with E-state index in [1.165, 1.54) is 0 Å². The Bertz CT molecular complexity index is 903.